The van der Waals surface area contributed by atoms with Gasteiger partial charge in [-0.05, 0) is 53.6 Å². The summed E-state index contributed by atoms with van der Waals surface area (Å²) in [6.45, 7) is 7.32. The Labute approximate surface area is 169 Å². The lowest BCUT2D eigenvalue weighted by Gasteiger charge is -2.26. The highest BCUT2D eigenvalue weighted by molar-refractivity contribution is 5.89. The summed E-state index contributed by atoms with van der Waals surface area (Å²) in [5.74, 6) is 0.252. The fourth-order valence-electron chi connectivity index (χ4n) is 3.31. The van der Waals surface area contributed by atoms with E-state index in [1.807, 2.05) is 24.3 Å². The van der Waals surface area contributed by atoms with E-state index in [1.54, 1.807) is 12.1 Å². The summed E-state index contributed by atoms with van der Waals surface area (Å²) < 4.78 is 0. The Balaban J connectivity index is 1.83. The molecule has 0 aliphatic carbocycles. The lowest BCUT2D eigenvalue weighted by molar-refractivity contribution is 0.252. The molecule has 2 aromatic carbocycles. The van der Waals surface area contributed by atoms with E-state index in [9.17, 15) is 9.90 Å². The van der Waals surface area contributed by atoms with Gasteiger partial charge >= 0.3 is 6.03 Å². The van der Waals surface area contributed by atoms with Crippen molar-refractivity contribution in [2.75, 3.05) is 11.9 Å². The molecule has 0 fully saturated rings. The summed E-state index contributed by atoms with van der Waals surface area (Å²) in [4.78, 5) is 12.2. The molecule has 0 atom stereocenters. The van der Waals surface area contributed by atoms with Gasteiger partial charge in [0.05, 0.1) is 0 Å². The summed E-state index contributed by atoms with van der Waals surface area (Å²) in [6, 6.07) is 15.0. The van der Waals surface area contributed by atoms with Crippen molar-refractivity contribution < 1.29 is 9.90 Å². The lowest BCUT2D eigenvalue weighted by atomic mass is 9.80. The molecule has 2 aromatic rings. The Hall–Kier alpha value is -2.49. The van der Waals surface area contributed by atoms with Crippen LogP contribution < -0.4 is 10.6 Å². The molecule has 3 N–H and O–H groups in total. The SMILES string of the molecule is CCCCCCC(C)(C)c1cccc(NC(=O)NCCc2ccc(O)cc2)c1. The van der Waals surface area contributed by atoms with Gasteiger partial charge in [0.25, 0.3) is 0 Å². The van der Waals surface area contributed by atoms with Crippen LogP contribution in [0.4, 0.5) is 10.5 Å². The summed E-state index contributed by atoms with van der Waals surface area (Å²) in [6.07, 6.45) is 6.93. The van der Waals surface area contributed by atoms with E-state index in [1.165, 1.54) is 31.2 Å². The third-order valence-corrected chi connectivity index (χ3v) is 5.19. The summed E-state index contributed by atoms with van der Waals surface area (Å²) in [7, 11) is 0. The molecule has 0 unspecified atom stereocenters. The van der Waals surface area contributed by atoms with Gasteiger partial charge in [-0.2, -0.15) is 0 Å². The summed E-state index contributed by atoms with van der Waals surface area (Å²) in [5, 5.41) is 15.1. The number of hydrogen-bond donors (Lipinski definition) is 3. The van der Waals surface area contributed by atoms with E-state index in [-0.39, 0.29) is 17.2 Å². The molecule has 0 aliphatic rings. The van der Waals surface area contributed by atoms with E-state index >= 15 is 0 Å². The minimum absolute atomic E-state index is 0.0980. The van der Waals surface area contributed by atoms with Gasteiger partial charge in [-0.1, -0.05) is 70.7 Å². The number of phenolic OH excluding ortho intramolecular Hbond substituents is 1. The van der Waals surface area contributed by atoms with Gasteiger partial charge in [-0.25, -0.2) is 4.79 Å². The first kappa shape index (κ1) is 21.8. The fraction of sp³-hybridized carbons (Fsp3) is 0.458. The maximum absolute atomic E-state index is 12.2. The molecule has 0 radical (unpaired) electrons. The molecule has 0 spiro atoms. The Morgan fingerprint density at radius 1 is 1.04 bits per heavy atom. The zero-order valence-electron chi connectivity index (χ0n) is 17.4. The standard InChI is InChI=1S/C24H34N2O2/c1-4-5-6-7-16-24(2,3)20-9-8-10-21(18-20)26-23(28)25-17-15-19-11-13-22(27)14-12-19/h8-14,18,27H,4-7,15-17H2,1-3H3,(H2,25,26,28). The molecule has 28 heavy (non-hydrogen) atoms. The minimum atomic E-state index is -0.198. The molecule has 2 rings (SSSR count). The second-order valence-electron chi connectivity index (χ2n) is 8.07. The van der Waals surface area contributed by atoms with Crippen LogP contribution in [0.1, 0.15) is 64.0 Å². The fourth-order valence-corrected chi connectivity index (χ4v) is 3.31. The maximum Gasteiger partial charge on any atom is 0.319 e. The average Bonchev–Trinajstić information content (AvgIpc) is 2.67. The molecule has 0 aliphatic heterocycles. The number of carbonyl (C=O) groups excluding carboxylic acids is 1. The van der Waals surface area contributed by atoms with E-state index in [2.05, 4.69) is 43.5 Å². The second-order valence-corrected chi connectivity index (χ2v) is 8.07. The van der Waals surface area contributed by atoms with Gasteiger partial charge in [0.1, 0.15) is 5.75 Å². The molecule has 2 amide bonds. The molecule has 0 saturated heterocycles. The summed E-state index contributed by atoms with van der Waals surface area (Å²) >= 11 is 0. The normalized spacial score (nSPS) is 11.2. The van der Waals surface area contributed by atoms with E-state index in [4.69, 9.17) is 0 Å². The Bertz CT molecular complexity index is 739. The van der Waals surface area contributed by atoms with Crippen molar-refractivity contribution in [1.29, 1.82) is 0 Å². The Morgan fingerprint density at radius 3 is 2.50 bits per heavy atom. The van der Waals surface area contributed by atoms with E-state index < -0.39 is 0 Å². The zero-order chi connectivity index (χ0) is 20.4. The number of urea groups is 1. The van der Waals surface area contributed by atoms with E-state index in [0.29, 0.717) is 6.54 Å². The van der Waals surface area contributed by atoms with E-state index in [0.717, 1.165) is 24.1 Å². The number of anilines is 1. The third-order valence-electron chi connectivity index (χ3n) is 5.19. The third kappa shape index (κ3) is 7.26. The predicted molar refractivity (Wildman–Crippen MR) is 117 cm³/mol. The maximum atomic E-state index is 12.2. The number of amides is 2. The molecule has 0 aromatic heterocycles. The van der Waals surface area contributed by atoms with Crippen LogP contribution in [0.5, 0.6) is 5.75 Å². The highest BCUT2D eigenvalue weighted by Crippen LogP contribution is 2.31. The van der Waals surface area contributed by atoms with Gasteiger partial charge in [0, 0.05) is 12.2 Å². The average molecular weight is 383 g/mol. The van der Waals surface area contributed by atoms with Gasteiger partial charge in [0.2, 0.25) is 0 Å². The first-order chi connectivity index (χ1) is 13.4. The van der Waals surface area contributed by atoms with Crippen LogP contribution in [0, 0.1) is 0 Å². The van der Waals surface area contributed by atoms with Crippen molar-refractivity contribution in [3.05, 3.63) is 59.7 Å². The monoisotopic (exact) mass is 382 g/mol. The molecule has 4 nitrogen and oxygen atoms in total. The number of hydrogen-bond acceptors (Lipinski definition) is 2. The number of rotatable bonds is 10. The largest absolute Gasteiger partial charge is 0.508 e. The minimum Gasteiger partial charge on any atom is -0.508 e. The number of carbonyl (C=O) groups is 1. The van der Waals surface area contributed by atoms with Crippen molar-refractivity contribution in [3.63, 3.8) is 0 Å². The predicted octanol–water partition coefficient (Wildman–Crippen LogP) is 6.00. The van der Waals surface area contributed by atoms with Crippen LogP contribution in [0.15, 0.2) is 48.5 Å². The van der Waals surface area contributed by atoms with Crippen LogP contribution >= 0.6 is 0 Å². The van der Waals surface area contributed by atoms with Crippen LogP contribution in [-0.2, 0) is 11.8 Å². The molecule has 0 saturated carbocycles. The topological polar surface area (TPSA) is 61.4 Å². The number of unbranched alkanes of at least 4 members (excludes halogenated alkanes) is 3. The Kier molecular flexibility index (Phi) is 8.37. The van der Waals surface area contributed by atoms with Crippen molar-refractivity contribution in [2.24, 2.45) is 0 Å². The van der Waals surface area contributed by atoms with Crippen molar-refractivity contribution in [3.8, 4) is 5.75 Å². The number of phenols is 1. The highest BCUT2D eigenvalue weighted by Gasteiger charge is 2.20. The van der Waals surface area contributed by atoms with Crippen LogP contribution in [0.2, 0.25) is 0 Å². The van der Waals surface area contributed by atoms with Gasteiger partial charge in [0.15, 0.2) is 0 Å². The number of nitrogens with one attached hydrogen (secondary N) is 2. The number of aromatic hydroxyl groups is 1. The quantitative estimate of drug-likeness (QED) is 0.441. The second kappa shape index (κ2) is 10.7. The van der Waals surface area contributed by atoms with Gasteiger partial charge in [-0.3, -0.25) is 0 Å². The van der Waals surface area contributed by atoms with Crippen molar-refractivity contribution >= 4 is 11.7 Å². The van der Waals surface area contributed by atoms with Crippen LogP contribution in [-0.4, -0.2) is 17.7 Å². The molecular weight excluding hydrogens is 348 g/mol. The van der Waals surface area contributed by atoms with Crippen molar-refractivity contribution in [1.82, 2.24) is 5.32 Å². The Morgan fingerprint density at radius 2 is 1.79 bits per heavy atom. The first-order valence-electron chi connectivity index (χ1n) is 10.3. The van der Waals surface area contributed by atoms with Gasteiger partial charge in [-0.15, -0.1) is 0 Å². The first-order valence-corrected chi connectivity index (χ1v) is 10.3. The lowest BCUT2D eigenvalue weighted by Crippen LogP contribution is -2.30. The van der Waals surface area contributed by atoms with Gasteiger partial charge < -0.3 is 15.7 Å². The smallest absolute Gasteiger partial charge is 0.319 e. The summed E-state index contributed by atoms with van der Waals surface area (Å²) in [5.41, 5.74) is 3.25. The molecular formula is C24H34N2O2. The number of benzene rings is 2. The zero-order valence-corrected chi connectivity index (χ0v) is 17.4. The molecule has 0 bridgehead atoms. The molecule has 152 valence electrons. The highest BCUT2D eigenvalue weighted by atomic mass is 16.3. The van der Waals surface area contributed by atoms with Crippen LogP contribution in [0.25, 0.3) is 0 Å². The molecule has 0 heterocycles. The molecule has 4 heteroatoms. The van der Waals surface area contributed by atoms with Crippen molar-refractivity contribution in [2.45, 2.75) is 64.7 Å². The van der Waals surface area contributed by atoms with Crippen LogP contribution in [0.3, 0.4) is 0 Å².